The van der Waals surface area contributed by atoms with Gasteiger partial charge < -0.3 is 9.80 Å². The molecule has 30 heavy (non-hydrogen) atoms. The van der Waals surface area contributed by atoms with E-state index < -0.39 is 18.5 Å². The first-order valence-corrected chi connectivity index (χ1v) is 9.65. The molecule has 1 aromatic carbocycles. The quantitative estimate of drug-likeness (QED) is 0.647. The van der Waals surface area contributed by atoms with Crippen molar-refractivity contribution in [2.24, 2.45) is 7.05 Å². The highest BCUT2D eigenvalue weighted by atomic mass is 19.3. The Morgan fingerprint density at radius 2 is 1.90 bits per heavy atom. The second-order valence-corrected chi connectivity index (χ2v) is 7.37. The number of rotatable bonds is 4. The predicted octanol–water partition coefficient (Wildman–Crippen LogP) is 1.67. The summed E-state index contributed by atoms with van der Waals surface area (Å²) >= 11 is 0. The first-order chi connectivity index (χ1) is 14.3. The molecule has 3 heterocycles. The van der Waals surface area contributed by atoms with Gasteiger partial charge in [-0.2, -0.15) is 5.10 Å². The van der Waals surface area contributed by atoms with Gasteiger partial charge >= 0.3 is 0 Å². The molecule has 158 valence electrons. The Hall–Kier alpha value is -3.30. The van der Waals surface area contributed by atoms with Crippen LogP contribution in [0.1, 0.15) is 16.2 Å². The number of anilines is 1. The van der Waals surface area contributed by atoms with Gasteiger partial charge in [-0.25, -0.2) is 13.8 Å². The Kier molecular flexibility index (Phi) is 5.23. The van der Waals surface area contributed by atoms with Gasteiger partial charge in [-0.3, -0.25) is 18.8 Å². The normalized spacial score (nSPS) is 14.7. The van der Waals surface area contributed by atoms with Crippen molar-refractivity contribution < 1.29 is 13.6 Å². The third-order valence-electron chi connectivity index (χ3n) is 5.41. The minimum Gasteiger partial charge on any atom is -0.368 e. The fourth-order valence-electron chi connectivity index (χ4n) is 3.62. The lowest BCUT2D eigenvalue weighted by molar-refractivity contribution is 0.0740. The average Bonchev–Trinajstić information content (AvgIpc) is 3.07. The summed E-state index contributed by atoms with van der Waals surface area (Å²) in [5, 5.41) is 4.56. The lowest BCUT2D eigenvalue weighted by Crippen LogP contribution is -2.49. The van der Waals surface area contributed by atoms with Crippen LogP contribution in [0.25, 0.3) is 10.9 Å². The van der Waals surface area contributed by atoms with Gasteiger partial charge in [-0.05, 0) is 31.2 Å². The molecule has 0 aliphatic carbocycles. The molecule has 2 aromatic heterocycles. The van der Waals surface area contributed by atoms with Gasteiger partial charge in [0.1, 0.15) is 0 Å². The minimum absolute atomic E-state index is 0.0851. The summed E-state index contributed by atoms with van der Waals surface area (Å²) in [6.45, 7) is 3.59. The summed E-state index contributed by atoms with van der Waals surface area (Å²) in [5.74, 6) is -0.0851. The highest BCUT2D eigenvalue weighted by Crippen LogP contribution is 2.21. The molecule has 0 radical (unpaired) electrons. The molecule has 1 aliphatic heterocycles. The topological polar surface area (TPSA) is 76.3 Å². The van der Waals surface area contributed by atoms with Crippen molar-refractivity contribution in [2.45, 2.75) is 19.9 Å². The van der Waals surface area contributed by atoms with Crippen molar-refractivity contribution in [1.29, 1.82) is 0 Å². The maximum Gasteiger partial charge on any atom is 0.274 e. The smallest absolute Gasteiger partial charge is 0.274 e. The summed E-state index contributed by atoms with van der Waals surface area (Å²) in [6, 6.07) is 6.97. The van der Waals surface area contributed by atoms with Crippen LogP contribution >= 0.6 is 0 Å². The number of nitrogens with zero attached hydrogens (tertiary/aromatic N) is 6. The van der Waals surface area contributed by atoms with E-state index >= 15 is 0 Å². The van der Waals surface area contributed by atoms with Crippen LogP contribution in [-0.4, -0.2) is 62.7 Å². The number of halogens is 2. The van der Waals surface area contributed by atoms with Crippen molar-refractivity contribution >= 4 is 22.5 Å². The van der Waals surface area contributed by atoms with Crippen molar-refractivity contribution in [3.63, 3.8) is 0 Å². The van der Waals surface area contributed by atoms with E-state index in [-0.39, 0.29) is 5.91 Å². The molecule has 0 saturated carbocycles. The molecule has 1 aliphatic rings. The molecule has 1 amide bonds. The third kappa shape index (κ3) is 3.77. The van der Waals surface area contributed by atoms with Crippen LogP contribution in [0.3, 0.4) is 0 Å². The molecular formula is C20H22F2N6O2. The number of alkyl halides is 2. The number of carbonyl (C=O) groups excluding carboxylic acids is 1. The van der Waals surface area contributed by atoms with Gasteiger partial charge in [-0.15, -0.1) is 0 Å². The fraction of sp³-hybridized carbons (Fsp3) is 0.400. The summed E-state index contributed by atoms with van der Waals surface area (Å²) in [6.07, 6.45) is -1.46. The molecule has 8 nitrogen and oxygen atoms in total. The van der Waals surface area contributed by atoms with Gasteiger partial charge in [-0.1, -0.05) is 0 Å². The summed E-state index contributed by atoms with van der Waals surface area (Å²) in [7, 11) is 1.81. The summed E-state index contributed by atoms with van der Waals surface area (Å²) < 4.78 is 27.8. The molecule has 10 heteroatoms. The molecule has 4 rings (SSSR count). The molecule has 3 aromatic rings. The number of hydrogen-bond donors (Lipinski definition) is 0. The number of aryl methyl sites for hydroxylation is 2. The van der Waals surface area contributed by atoms with Crippen molar-refractivity contribution in [3.8, 4) is 0 Å². The highest BCUT2D eigenvalue weighted by Gasteiger charge is 2.24. The monoisotopic (exact) mass is 416 g/mol. The van der Waals surface area contributed by atoms with E-state index in [1.54, 1.807) is 40.9 Å². The first-order valence-electron chi connectivity index (χ1n) is 9.65. The van der Waals surface area contributed by atoms with E-state index in [1.165, 1.54) is 0 Å². The van der Waals surface area contributed by atoms with E-state index in [0.717, 1.165) is 22.3 Å². The van der Waals surface area contributed by atoms with Crippen molar-refractivity contribution in [3.05, 3.63) is 52.3 Å². The molecule has 0 N–H and O–H groups in total. The molecule has 0 atom stereocenters. The van der Waals surface area contributed by atoms with Crippen LogP contribution in [0, 0.1) is 6.92 Å². The largest absolute Gasteiger partial charge is 0.368 e. The number of piperazine rings is 1. The van der Waals surface area contributed by atoms with E-state index in [2.05, 4.69) is 15.0 Å². The Bertz CT molecular complexity index is 1130. The Morgan fingerprint density at radius 1 is 1.17 bits per heavy atom. The van der Waals surface area contributed by atoms with E-state index in [1.807, 2.05) is 6.92 Å². The van der Waals surface area contributed by atoms with Gasteiger partial charge in [0, 0.05) is 44.6 Å². The molecule has 1 fully saturated rings. The molecule has 0 unspecified atom stereocenters. The van der Waals surface area contributed by atoms with Crippen molar-refractivity contribution in [2.75, 3.05) is 31.1 Å². The zero-order valence-corrected chi connectivity index (χ0v) is 16.8. The summed E-state index contributed by atoms with van der Waals surface area (Å²) in [4.78, 5) is 33.1. The second kappa shape index (κ2) is 7.85. The molecule has 0 spiro atoms. The van der Waals surface area contributed by atoms with Crippen LogP contribution < -0.4 is 10.5 Å². The van der Waals surface area contributed by atoms with Crippen LogP contribution in [-0.2, 0) is 13.6 Å². The van der Waals surface area contributed by atoms with Gasteiger partial charge in [0.05, 0.1) is 23.8 Å². The van der Waals surface area contributed by atoms with E-state index in [9.17, 15) is 18.4 Å². The zero-order chi connectivity index (χ0) is 21.4. The predicted molar refractivity (Wildman–Crippen MR) is 108 cm³/mol. The number of benzene rings is 1. The zero-order valence-electron chi connectivity index (χ0n) is 16.8. The Balaban J connectivity index is 1.48. The number of aromatic nitrogens is 4. The Labute approximate surface area is 171 Å². The van der Waals surface area contributed by atoms with E-state index in [4.69, 9.17) is 0 Å². The van der Waals surface area contributed by atoms with Gasteiger partial charge in [0.15, 0.2) is 5.69 Å². The van der Waals surface area contributed by atoms with Crippen LogP contribution in [0.15, 0.2) is 35.4 Å². The van der Waals surface area contributed by atoms with Crippen molar-refractivity contribution in [1.82, 2.24) is 24.2 Å². The van der Waals surface area contributed by atoms with E-state index in [0.29, 0.717) is 42.8 Å². The molecule has 1 saturated heterocycles. The maximum atomic E-state index is 12.7. The average molecular weight is 416 g/mol. The number of hydrogen-bond acceptors (Lipinski definition) is 5. The SMILES string of the molecule is Cc1cc(C(=O)N2CCN(c3ccc4c(=O)n(CC(F)F)cnc4c3)CC2)nn1C. The molecule has 0 bridgehead atoms. The summed E-state index contributed by atoms with van der Waals surface area (Å²) in [5.41, 5.74) is 2.23. The fourth-order valence-corrected chi connectivity index (χ4v) is 3.62. The van der Waals surface area contributed by atoms with Gasteiger partial charge in [0.25, 0.3) is 17.9 Å². The Morgan fingerprint density at radius 3 is 2.53 bits per heavy atom. The number of carbonyl (C=O) groups is 1. The lowest BCUT2D eigenvalue weighted by atomic mass is 10.2. The second-order valence-electron chi connectivity index (χ2n) is 7.37. The van der Waals surface area contributed by atoms with Crippen LogP contribution in [0.4, 0.5) is 14.5 Å². The lowest BCUT2D eigenvalue weighted by Gasteiger charge is -2.35. The highest BCUT2D eigenvalue weighted by molar-refractivity contribution is 5.92. The van der Waals surface area contributed by atoms with Gasteiger partial charge in [0.2, 0.25) is 0 Å². The first kappa shape index (κ1) is 20.0. The standard InChI is InChI=1S/C20H22F2N6O2/c1-13-9-17(24-25(13)2)20(30)27-7-5-26(6-8-27)14-3-4-15-16(10-14)23-12-28(19(15)29)11-18(21)22/h3-4,9-10,12,18H,5-8,11H2,1-2H3. The van der Waals surface area contributed by atoms with Crippen LogP contribution in [0.2, 0.25) is 0 Å². The number of amides is 1. The maximum absolute atomic E-state index is 12.7. The van der Waals surface area contributed by atoms with Crippen LogP contribution in [0.5, 0.6) is 0 Å². The minimum atomic E-state index is -2.62. The number of fused-ring (bicyclic) bond motifs is 1. The molecular weight excluding hydrogens is 394 g/mol. The third-order valence-corrected chi connectivity index (χ3v) is 5.41.